The molecule has 32 heavy (non-hydrogen) atoms. The first-order valence-corrected chi connectivity index (χ1v) is 10.4. The maximum Gasteiger partial charge on any atom is 0.322 e. The molecule has 0 atom stereocenters. The number of amides is 2. The lowest BCUT2D eigenvalue weighted by atomic mass is 10.1. The van der Waals surface area contributed by atoms with E-state index in [1.165, 1.54) is 0 Å². The average molecular weight is 434 g/mol. The predicted molar refractivity (Wildman–Crippen MR) is 122 cm³/mol. The fraction of sp³-hybridized carbons (Fsp3) is 0.240. The van der Waals surface area contributed by atoms with Crippen LogP contribution in [0.15, 0.2) is 66.7 Å². The van der Waals surface area contributed by atoms with Gasteiger partial charge >= 0.3 is 6.03 Å². The standard InChI is InChI=1S/C25H26N2O5/c1-29-21-10-8-18(14-23(21)30-2)12-13-27(25(28)26-20-6-4-3-5-7-20)16-19-9-11-22-24(15-19)32-17-31-22/h3-11,14-15H,12-13,16-17H2,1-2H3,(H,26,28). The second-order valence-corrected chi connectivity index (χ2v) is 7.34. The predicted octanol–water partition coefficient (Wildman–Crippen LogP) is 4.71. The van der Waals surface area contributed by atoms with Crippen LogP contribution in [0, 0.1) is 0 Å². The molecule has 0 aromatic heterocycles. The van der Waals surface area contributed by atoms with Crippen LogP contribution in [0.2, 0.25) is 0 Å². The van der Waals surface area contributed by atoms with Gasteiger partial charge in [0.2, 0.25) is 6.79 Å². The van der Waals surface area contributed by atoms with Gasteiger partial charge in [-0.3, -0.25) is 0 Å². The number of nitrogens with zero attached hydrogens (tertiary/aromatic N) is 1. The van der Waals surface area contributed by atoms with Gasteiger partial charge in [0.15, 0.2) is 23.0 Å². The molecule has 7 heteroatoms. The largest absolute Gasteiger partial charge is 0.493 e. The van der Waals surface area contributed by atoms with E-state index in [0.717, 1.165) is 22.6 Å². The van der Waals surface area contributed by atoms with Crippen molar-refractivity contribution < 1.29 is 23.7 Å². The molecule has 1 heterocycles. The molecule has 0 radical (unpaired) electrons. The lowest BCUT2D eigenvalue weighted by Gasteiger charge is -2.24. The van der Waals surface area contributed by atoms with Crippen LogP contribution in [-0.2, 0) is 13.0 Å². The van der Waals surface area contributed by atoms with Gasteiger partial charge in [-0.05, 0) is 53.9 Å². The Balaban J connectivity index is 1.50. The zero-order valence-electron chi connectivity index (χ0n) is 18.2. The van der Waals surface area contributed by atoms with Crippen LogP contribution in [0.25, 0.3) is 0 Å². The number of fused-ring (bicyclic) bond motifs is 1. The summed E-state index contributed by atoms with van der Waals surface area (Å²) in [5, 5.41) is 2.98. The van der Waals surface area contributed by atoms with E-state index in [9.17, 15) is 4.79 Å². The monoisotopic (exact) mass is 434 g/mol. The molecule has 0 fully saturated rings. The molecular formula is C25H26N2O5. The zero-order valence-corrected chi connectivity index (χ0v) is 18.2. The van der Waals surface area contributed by atoms with E-state index in [4.69, 9.17) is 18.9 Å². The number of anilines is 1. The highest BCUT2D eigenvalue weighted by Gasteiger charge is 2.18. The highest BCUT2D eigenvalue weighted by molar-refractivity contribution is 5.89. The molecule has 0 saturated carbocycles. The van der Waals surface area contributed by atoms with Crippen molar-refractivity contribution in [3.8, 4) is 23.0 Å². The number of benzene rings is 3. The molecule has 3 aromatic rings. The van der Waals surface area contributed by atoms with Crippen molar-refractivity contribution >= 4 is 11.7 Å². The van der Waals surface area contributed by atoms with Crippen LogP contribution in [0.1, 0.15) is 11.1 Å². The van der Waals surface area contributed by atoms with Crippen LogP contribution >= 0.6 is 0 Å². The Labute approximate surface area is 187 Å². The van der Waals surface area contributed by atoms with E-state index in [0.29, 0.717) is 36.8 Å². The quantitative estimate of drug-likeness (QED) is 0.556. The maximum atomic E-state index is 13.1. The Morgan fingerprint density at radius 1 is 0.906 bits per heavy atom. The van der Waals surface area contributed by atoms with E-state index < -0.39 is 0 Å². The van der Waals surface area contributed by atoms with Crippen LogP contribution in [-0.4, -0.2) is 38.5 Å². The minimum atomic E-state index is -0.172. The fourth-order valence-corrected chi connectivity index (χ4v) is 3.54. The smallest absolute Gasteiger partial charge is 0.322 e. The van der Waals surface area contributed by atoms with E-state index in [2.05, 4.69) is 5.32 Å². The van der Waals surface area contributed by atoms with Gasteiger partial charge in [-0.1, -0.05) is 30.3 Å². The highest BCUT2D eigenvalue weighted by Crippen LogP contribution is 2.33. The molecule has 0 spiro atoms. The first-order valence-electron chi connectivity index (χ1n) is 10.4. The number of hydrogen-bond donors (Lipinski definition) is 1. The summed E-state index contributed by atoms with van der Waals surface area (Å²) < 4.78 is 21.6. The number of ether oxygens (including phenoxy) is 4. The van der Waals surface area contributed by atoms with Gasteiger partial charge in [-0.2, -0.15) is 0 Å². The van der Waals surface area contributed by atoms with Crippen LogP contribution in [0.5, 0.6) is 23.0 Å². The Kier molecular flexibility index (Phi) is 6.65. The number of methoxy groups -OCH3 is 2. The van der Waals surface area contributed by atoms with E-state index >= 15 is 0 Å². The fourth-order valence-electron chi connectivity index (χ4n) is 3.54. The molecule has 2 amide bonds. The summed E-state index contributed by atoms with van der Waals surface area (Å²) in [4.78, 5) is 14.9. The number of urea groups is 1. The summed E-state index contributed by atoms with van der Waals surface area (Å²) in [5.41, 5.74) is 2.76. The van der Waals surface area contributed by atoms with Crippen molar-refractivity contribution in [3.63, 3.8) is 0 Å². The molecule has 0 unspecified atom stereocenters. The van der Waals surface area contributed by atoms with Gasteiger partial charge in [-0.25, -0.2) is 4.79 Å². The first-order chi connectivity index (χ1) is 15.7. The van der Waals surface area contributed by atoms with Crippen molar-refractivity contribution in [2.45, 2.75) is 13.0 Å². The molecule has 1 aliphatic heterocycles. The number of nitrogens with one attached hydrogen (secondary N) is 1. The molecule has 0 saturated heterocycles. The summed E-state index contributed by atoms with van der Waals surface area (Å²) in [6, 6.07) is 20.8. The lowest BCUT2D eigenvalue weighted by molar-refractivity contribution is 0.174. The Bertz CT molecular complexity index is 1070. The van der Waals surface area contributed by atoms with Crippen LogP contribution in [0.3, 0.4) is 0 Å². The molecule has 4 rings (SSSR count). The lowest BCUT2D eigenvalue weighted by Crippen LogP contribution is -2.36. The second kappa shape index (κ2) is 9.96. The van der Waals surface area contributed by atoms with Gasteiger partial charge in [0.1, 0.15) is 0 Å². The van der Waals surface area contributed by atoms with Gasteiger partial charge in [-0.15, -0.1) is 0 Å². The van der Waals surface area contributed by atoms with E-state index in [1.54, 1.807) is 19.1 Å². The Morgan fingerprint density at radius 3 is 2.44 bits per heavy atom. The minimum absolute atomic E-state index is 0.172. The van der Waals surface area contributed by atoms with E-state index in [1.807, 2.05) is 66.7 Å². The van der Waals surface area contributed by atoms with Gasteiger partial charge in [0.05, 0.1) is 14.2 Å². The summed E-state index contributed by atoms with van der Waals surface area (Å²) in [6.45, 7) is 1.17. The van der Waals surface area contributed by atoms with Gasteiger partial charge < -0.3 is 29.2 Å². The van der Waals surface area contributed by atoms with Crippen molar-refractivity contribution in [1.82, 2.24) is 4.90 Å². The van der Waals surface area contributed by atoms with Crippen molar-refractivity contribution in [2.24, 2.45) is 0 Å². The number of para-hydroxylation sites is 1. The number of carbonyl (C=O) groups excluding carboxylic acids is 1. The molecule has 7 nitrogen and oxygen atoms in total. The Morgan fingerprint density at radius 2 is 1.66 bits per heavy atom. The average Bonchev–Trinajstić information content (AvgIpc) is 3.30. The molecule has 1 aliphatic rings. The van der Waals surface area contributed by atoms with Crippen LogP contribution < -0.4 is 24.3 Å². The third-order valence-corrected chi connectivity index (χ3v) is 5.24. The Hall–Kier alpha value is -3.87. The number of rotatable bonds is 8. The number of carbonyl (C=O) groups is 1. The highest BCUT2D eigenvalue weighted by atomic mass is 16.7. The third kappa shape index (κ3) is 5.06. The topological polar surface area (TPSA) is 69.3 Å². The molecule has 3 aromatic carbocycles. The summed E-state index contributed by atoms with van der Waals surface area (Å²) in [7, 11) is 3.22. The molecule has 166 valence electrons. The zero-order chi connectivity index (χ0) is 22.3. The minimum Gasteiger partial charge on any atom is -0.493 e. The summed E-state index contributed by atoms with van der Waals surface area (Å²) >= 11 is 0. The summed E-state index contributed by atoms with van der Waals surface area (Å²) in [6.07, 6.45) is 0.660. The van der Waals surface area contributed by atoms with Crippen molar-refractivity contribution in [3.05, 3.63) is 77.9 Å². The summed E-state index contributed by atoms with van der Waals surface area (Å²) in [5.74, 6) is 2.77. The van der Waals surface area contributed by atoms with Crippen molar-refractivity contribution in [2.75, 3.05) is 32.9 Å². The molecule has 0 bridgehead atoms. The van der Waals surface area contributed by atoms with Gasteiger partial charge in [0, 0.05) is 18.8 Å². The number of hydrogen-bond acceptors (Lipinski definition) is 5. The van der Waals surface area contributed by atoms with Gasteiger partial charge in [0.25, 0.3) is 0 Å². The first kappa shape index (κ1) is 21.4. The molecule has 1 N–H and O–H groups in total. The third-order valence-electron chi connectivity index (χ3n) is 5.24. The van der Waals surface area contributed by atoms with Crippen LogP contribution in [0.4, 0.5) is 10.5 Å². The van der Waals surface area contributed by atoms with Crippen molar-refractivity contribution in [1.29, 1.82) is 0 Å². The second-order valence-electron chi connectivity index (χ2n) is 7.34. The van der Waals surface area contributed by atoms with E-state index in [-0.39, 0.29) is 12.8 Å². The molecular weight excluding hydrogens is 408 g/mol. The SMILES string of the molecule is COc1ccc(CCN(Cc2ccc3c(c2)OCO3)C(=O)Nc2ccccc2)cc1OC. The maximum absolute atomic E-state index is 13.1. The molecule has 0 aliphatic carbocycles. The normalized spacial score (nSPS) is 11.7.